The number of fused-ring (bicyclic) bond motifs is 2. The number of carbonyl (C=O) groups excluding carboxylic acids is 1. The van der Waals surface area contributed by atoms with Crippen molar-refractivity contribution in [1.82, 2.24) is 20.2 Å². The summed E-state index contributed by atoms with van der Waals surface area (Å²) in [5.41, 5.74) is 2.26. The van der Waals surface area contributed by atoms with Crippen LogP contribution in [0.4, 0.5) is 0 Å². The van der Waals surface area contributed by atoms with E-state index < -0.39 is 5.97 Å². The van der Waals surface area contributed by atoms with Gasteiger partial charge in [-0.3, -0.25) is 4.79 Å². The van der Waals surface area contributed by atoms with Gasteiger partial charge >= 0.3 is 5.97 Å². The van der Waals surface area contributed by atoms with Gasteiger partial charge in [-0.1, -0.05) is 84.8 Å². The van der Waals surface area contributed by atoms with Crippen molar-refractivity contribution in [2.24, 2.45) is 0 Å². The summed E-state index contributed by atoms with van der Waals surface area (Å²) in [5, 5.41) is 16.5. The van der Waals surface area contributed by atoms with Crippen molar-refractivity contribution in [3.63, 3.8) is 0 Å². The quantitative estimate of drug-likeness (QED) is 0.116. The molecular weight excluding hydrogens is 766 g/mol. The number of hydrogen-bond donors (Lipinski definition) is 4. The van der Waals surface area contributed by atoms with E-state index in [0.717, 1.165) is 55.5 Å². The fourth-order valence-corrected chi connectivity index (χ4v) is 8.24. The van der Waals surface area contributed by atoms with Gasteiger partial charge in [0.15, 0.2) is 0 Å². The lowest BCUT2D eigenvalue weighted by Crippen LogP contribution is -2.33. The minimum absolute atomic E-state index is 0. The number of likely N-dealkylation sites (tertiary alicyclic amines) is 1. The lowest BCUT2D eigenvalue weighted by atomic mass is 10.2. The lowest BCUT2D eigenvalue weighted by molar-refractivity contribution is 0.0691. The van der Waals surface area contributed by atoms with Crippen LogP contribution in [0.15, 0.2) is 105 Å². The molecule has 4 N–H and O–H groups in total. The van der Waals surface area contributed by atoms with Crippen LogP contribution < -0.4 is 5.32 Å². The van der Waals surface area contributed by atoms with Gasteiger partial charge in [-0.25, -0.2) is 4.79 Å². The number of hydrogen-bond acceptors (Lipinski definition) is 5. The highest BCUT2D eigenvalue weighted by atomic mass is 35.5. The van der Waals surface area contributed by atoms with Crippen LogP contribution in [0.2, 0.25) is 20.1 Å². The fourth-order valence-electron chi connectivity index (χ4n) is 5.44. The number of amides is 1. The largest absolute Gasteiger partial charge is 0.477 e. The highest BCUT2D eigenvalue weighted by molar-refractivity contribution is 7.99. The number of nitrogens with one attached hydrogen (secondary N) is 3. The summed E-state index contributed by atoms with van der Waals surface area (Å²) in [6.07, 6.45) is 2.51. The Hall–Kier alpha value is -3.28. The van der Waals surface area contributed by atoms with E-state index in [1.807, 2.05) is 72.8 Å². The highest BCUT2D eigenvalue weighted by Crippen LogP contribution is 2.38. The first-order chi connectivity index (χ1) is 23.6. The van der Waals surface area contributed by atoms with Gasteiger partial charge in [-0.15, -0.1) is 0 Å². The van der Waals surface area contributed by atoms with Gasteiger partial charge in [0, 0.05) is 74.6 Å². The van der Waals surface area contributed by atoms with E-state index >= 15 is 0 Å². The Morgan fingerprint density at radius 3 is 1.59 bits per heavy atom. The molecular formula is C38H38Cl4N4O3S2. The normalized spacial score (nSPS) is 12.5. The number of H-pyrrole nitrogens is 2. The van der Waals surface area contributed by atoms with Crippen molar-refractivity contribution in [1.29, 1.82) is 0 Å². The number of carboxylic acid groups (broad SMARTS) is 1. The van der Waals surface area contributed by atoms with Crippen LogP contribution in [-0.2, 0) is 0 Å². The minimum atomic E-state index is -0.996. The monoisotopic (exact) mass is 802 g/mol. The van der Waals surface area contributed by atoms with Gasteiger partial charge in [-0.05, 0) is 111 Å². The van der Waals surface area contributed by atoms with Gasteiger partial charge < -0.3 is 25.3 Å². The number of carbonyl (C=O) groups is 2. The Labute approximate surface area is 326 Å². The molecule has 4 aromatic carbocycles. The molecule has 3 heterocycles. The summed E-state index contributed by atoms with van der Waals surface area (Å²) >= 11 is 27.4. The van der Waals surface area contributed by atoms with E-state index in [4.69, 9.17) is 51.5 Å². The summed E-state index contributed by atoms with van der Waals surface area (Å²) < 4.78 is 0. The van der Waals surface area contributed by atoms with Crippen LogP contribution >= 0.6 is 69.9 Å². The summed E-state index contributed by atoms with van der Waals surface area (Å²) in [6, 6.07) is 25.9. The molecule has 268 valence electrons. The molecule has 1 aliphatic rings. The third-order valence-corrected chi connectivity index (χ3v) is 10.9. The van der Waals surface area contributed by atoms with Gasteiger partial charge in [0.1, 0.15) is 11.4 Å². The number of nitrogens with zero attached hydrogens (tertiary/aromatic N) is 1. The first-order valence-electron chi connectivity index (χ1n) is 15.4. The standard InChI is InChI=1S/C21H21Cl2N3OS.C15H9Cl2NO2S.2CH4/c22-14-3-5-16(6-4-14)28-20-12-15(23)11-18-17(20)13-19(25-18)21(27)24-7-10-26-8-1-2-9-26;16-8-1-3-10(4-2-8)21-14-6-9(17)5-12-11(14)7-13(18-12)15(19)20;;/h3-6,11-13,25H,1-2,7-10H2,(H,24,27);1-7,18H,(H,19,20);2*1H4. The third kappa shape index (κ3) is 10.6. The molecule has 13 heteroatoms. The number of rotatable bonds is 9. The van der Waals surface area contributed by atoms with Crippen molar-refractivity contribution in [3.05, 3.63) is 116 Å². The molecule has 0 unspecified atom stereocenters. The summed E-state index contributed by atoms with van der Waals surface area (Å²) in [7, 11) is 0. The molecule has 6 aromatic rings. The van der Waals surface area contributed by atoms with Crippen LogP contribution in [0, 0.1) is 0 Å². The average Bonchev–Trinajstić information content (AvgIpc) is 3.84. The molecule has 1 fully saturated rings. The fraction of sp³-hybridized carbons (Fsp3) is 0.211. The SMILES string of the molecule is C.C.O=C(NCCN1CCCC1)c1cc2c(Sc3ccc(Cl)cc3)cc(Cl)cc2[nH]1.O=C(O)c1cc2c(Sc3ccc(Cl)cc3)cc(Cl)cc2[nH]1. The Morgan fingerprint density at radius 2 is 1.12 bits per heavy atom. The number of aromatic nitrogens is 2. The molecule has 0 saturated carbocycles. The van der Waals surface area contributed by atoms with Crippen molar-refractivity contribution in [3.8, 4) is 0 Å². The number of halogens is 4. The molecule has 1 saturated heterocycles. The predicted octanol–water partition coefficient (Wildman–Crippen LogP) is 12.0. The van der Waals surface area contributed by atoms with Crippen LogP contribution in [0.5, 0.6) is 0 Å². The average molecular weight is 805 g/mol. The smallest absolute Gasteiger partial charge is 0.352 e. The predicted molar refractivity (Wildman–Crippen MR) is 216 cm³/mol. The highest BCUT2D eigenvalue weighted by Gasteiger charge is 2.16. The third-order valence-electron chi connectivity index (χ3n) is 7.80. The zero-order valence-corrected chi connectivity index (χ0v) is 30.5. The van der Waals surface area contributed by atoms with Gasteiger partial charge in [0.25, 0.3) is 5.91 Å². The molecule has 0 atom stereocenters. The van der Waals surface area contributed by atoms with Gasteiger partial charge in [0.2, 0.25) is 0 Å². The van der Waals surface area contributed by atoms with E-state index in [9.17, 15) is 9.59 Å². The maximum absolute atomic E-state index is 12.6. The van der Waals surface area contributed by atoms with E-state index in [2.05, 4.69) is 20.2 Å². The molecule has 0 aliphatic carbocycles. The van der Waals surface area contributed by atoms with Crippen LogP contribution in [-0.4, -0.2) is 58.0 Å². The molecule has 0 spiro atoms. The summed E-state index contributed by atoms with van der Waals surface area (Å²) in [5.74, 6) is -1.08. The molecule has 0 radical (unpaired) electrons. The maximum atomic E-state index is 12.6. The second-order valence-corrected chi connectivity index (χ2v) is 15.3. The van der Waals surface area contributed by atoms with Crippen molar-refractivity contribution in [2.75, 3.05) is 26.2 Å². The Morgan fingerprint density at radius 1 is 0.667 bits per heavy atom. The van der Waals surface area contributed by atoms with Crippen LogP contribution in [0.25, 0.3) is 21.8 Å². The van der Waals surface area contributed by atoms with Crippen molar-refractivity contribution < 1.29 is 14.7 Å². The van der Waals surface area contributed by atoms with E-state index in [-0.39, 0.29) is 26.5 Å². The first kappa shape index (κ1) is 40.5. The number of aromatic amines is 2. The van der Waals surface area contributed by atoms with Gasteiger partial charge in [0.05, 0.1) is 0 Å². The first-order valence-corrected chi connectivity index (χ1v) is 18.5. The van der Waals surface area contributed by atoms with Crippen molar-refractivity contribution in [2.45, 2.75) is 47.3 Å². The van der Waals surface area contributed by atoms with E-state index in [1.54, 1.807) is 23.9 Å². The molecule has 2 aromatic heterocycles. The molecule has 0 bridgehead atoms. The number of carboxylic acids is 1. The summed E-state index contributed by atoms with van der Waals surface area (Å²) in [4.78, 5) is 36.0. The second kappa shape index (κ2) is 18.5. The molecule has 1 amide bonds. The Bertz CT molecular complexity index is 2110. The zero-order valence-electron chi connectivity index (χ0n) is 25.9. The van der Waals surface area contributed by atoms with Crippen LogP contribution in [0.3, 0.4) is 0 Å². The van der Waals surface area contributed by atoms with Crippen LogP contribution in [0.1, 0.15) is 48.7 Å². The minimum Gasteiger partial charge on any atom is -0.477 e. The van der Waals surface area contributed by atoms with Gasteiger partial charge in [-0.2, -0.15) is 0 Å². The summed E-state index contributed by atoms with van der Waals surface area (Å²) in [6.45, 7) is 3.81. The molecule has 1 aliphatic heterocycles. The second-order valence-electron chi connectivity index (χ2n) is 11.3. The lowest BCUT2D eigenvalue weighted by Gasteiger charge is -2.14. The van der Waals surface area contributed by atoms with E-state index in [1.165, 1.54) is 24.6 Å². The Kier molecular flexibility index (Phi) is 14.7. The zero-order chi connectivity index (χ0) is 34.5. The van der Waals surface area contributed by atoms with Crippen molar-refractivity contribution >= 4 is 104 Å². The Balaban J connectivity index is 0.000000228. The number of aromatic carboxylic acids is 1. The maximum Gasteiger partial charge on any atom is 0.352 e. The molecule has 51 heavy (non-hydrogen) atoms. The van der Waals surface area contributed by atoms with E-state index in [0.29, 0.717) is 37.8 Å². The molecule has 7 nitrogen and oxygen atoms in total. The number of benzene rings is 4. The topological polar surface area (TPSA) is 101 Å². The molecule has 7 rings (SSSR count).